The number of amides is 2. The maximum Gasteiger partial charge on any atom is 0.337 e. The molecule has 6 heteroatoms. The number of rotatable bonds is 5. The van der Waals surface area contributed by atoms with Gasteiger partial charge in [-0.15, -0.1) is 0 Å². The monoisotopic (exact) mass is 252 g/mol. The normalized spacial score (nSPS) is 9.67. The first-order chi connectivity index (χ1) is 8.67. The molecule has 0 saturated carbocycles. The second-order valence-corrected chi connectivity index (χ2v) is 3.45. The Bertz CT molecular complexity index is 420. The summed E-state index contributed by atoms with van der Waals surface area (Å²) in [6.07, 6.45) is 0. The molecule has 0 atom stereocenters. The standard InChI is InChI=1S/C12H16N2O4/c1-17-7-6-13-12(16)14-10-5-3-4-9(8-10)11(15)18-2/h3-5,8H,6-7H2,1-2H3,(H2,13,14,16). The molecule has 0 aliphatic heterocycles. The molecule has 6 nitrogen and oxygen atoms in total. The Morgan fingerprint density at radius 2 is 2.06 bits per heavy atom. The van der Waals surface area contributed by atoms with E-state index in [2.05, 4.69) is 15.4 Å². The maximum absolute atomic E-state index is 11.4. The van der Waals surface area contributed by atoms with E-state index in [1.165, 1.54) is 7.11 Å². The van der Waals surface area contributed by atoms with Crippen molar-refractivity contribution in [1.82, 2.24) is 5.32 Å². The van der Waals surface area contributed by atoms with Gasteiger partial charge in [-0.3, -0.25) is 0 Å². The highest BCUT2D eigenvalue weighted by atomic mass is 16.5. The fourth-order valence-corrected chi connectivity index (χ4v) is 1.28. The highest BCUT2D eigenvalue weighted by molar-refractivity contribution is 5.93. The van der Waals surface area contributed by atoms with Gasteiger partial charge in [0.25, 0.3) is 0 Å². The first kappa shape index (κ1) is 14.0. The molecule has 0 bridgehead atoms. The van der Waals surface area contributed by atoms with Crippen LogP contribution in [0.5, 0.6) is 0 Å². The Morgan fingerprint density at radius 1 is 1.28 bits per heavy atom. The van der Waals surface area contributed by atoms with Crippen LogP contribution in [0.2, 0.25) is 0 Å². The van der Waals surface area contributed by atoms with E-state index in [0.717, 1.165) is 0 Å². The lowest BCUT2D eigenvalue weighted by atomic mass is 10.2. The Balaban J connectivity index is 2.56. The van der Waals surface area contributed by atoms with Crippen molar-refractivity contribution in [2.24, 2.45) is 0 Å². The molecular formula is C12H16N2O4. The molecule has 0 unspecified atom stereocenters. The molecule has 0 aliphatic rings. The van der Waals surface area contributed by atoms with Crippen LogP contribution in [0.1, 0.15) is 10.4 Å². The molecule has 2 amide bonds. The van der Waals surface area contributed by atoms with Gasteiger partial charge < -0.3 is 20.1 Å². The van der Waals surface area contributed by atoms with Crippen molar-refractivity contribution >= 4 is 17.7 Å². The number of carbonyl (C=O) groups is 2. The van der Waals surface area contributed by atoms with Crippen LogP contribution < -0.4 is 10.6 Å². The molecule has 0 fully saturated rings. The van der Waals surface area contributed by atoms with Gasteiger partial charge in [-0.1, -0.05) is 6.07 Å². The zero-order chi connectivity index (χ0) is 13.4. The van der Waals surface area contributed by atoms with Gasteiger partial charge in [0.05, 0.1) is 19.3 Å². The first-order valence-electron chi connectivity index (χ1n) is 5.39. The number of esters is 1. The van der Waals surface area contributed by atoms with E-state index in [9.17, 15) is 9.59 Å². The Kier molecular flexibility index (Phi) is 5.66. The molecular weight excluding hydrogens is 236 g/mol. The second kappa shape index (κ2) is 7.29. The number of hydrogen-bond acceptors (Lipinski definition) is 4. The Morgan fingerprint density at radius 3 is 2.72 bits per heavy atom. The topological polar surface area (TPSA) is 76.7 Å². The Hall–Kier alpha value is -2.08. The van der Waals surface area contributed by atoms with Crippen molar-refractivity contribution in [1.29, 1.82) is 0 Å². The van der Waals surface area contributed by atoms with E-state index in [1.54, 1.807) is 31.4 Å². The van der Waals surface area contributed by atoms with E-state index in [4.69, 9.17) is 4.74 Å². The highest BCUT2D eigenvalue weighted by Gasteiger charge is 2.07. The smallest absolute Gasteiger partial charge is 0.337 e. The third kappa shape index (κ3) is 4.42. The lowest BCUT2D eigenvalue weighted by Crippen LogP contribution is -2.31. The summed E-state index contributed by atoms with van der Waals surface area (Å²) in [6.45, 7) is 0.856. The number of methoxy groups -OCH3 is 2. The number of benzene rings is 1. The number of nitrogens with one attached hydrogen (secondary N) is 2. The minimum absolute atomic E-state index is 0.353. The van der Waals surface area contributed by atoms with Gasteiger partial charge in [0.2, 0.25) is 0 Å². The summed E-state index contributed by atoms with van der Waals surface area (Å²) in [7, 11) is 2.86. The van der Waals surface area contributed by atoms with E-state index in [1.807, 2.05) is 0 Å². The summed E-state index contributed by atoms with van der Waals surface area (Å²) in [6, 6.07) is 6.15. The van der Waals surface area contributed by atoms with Crippen LogP contribution >= 0.6 is 0 Å². The predicted octanol–water partition coefficient (Wildman–Crippen LogP) is 1.24. The van der Waals surface area contributed by atoms with E-state index < -0.39 is 5.97 Å². The molecule has 0 radical (unpaired) electrons. The third-order valence-corrected chi connectivity index (χ3v) is 2.13. The first-order valence-corrected chi connectivity index (χ1v) is 5.39. The van der Waals surface area contributed by atoms with Crippen LogP contribution in [0.4, 0.5) is 10.5 Å². The maximum atomic E-state index is 11.4. The second-order valence-electron chi connectivity index (χ2n) is 3.45. The summed E-state index contributed by atoms with van der Waals surface area (Å²) in [4.78, 5) is 22.7. The molecule has 98 valence electrons. The van der Waals surface area contributed by atoms with Crippen molar-refractivity contribution in [2.75, 3.05) is 32.7 Å². The summed E-state index contributed by atoms with van der Waals surface area (Å²) in [5.41, 5.74) is 0.903. The molecule has 0 aliphatic carbocycles. The van der Waals surface area contributed by atoms with Crippen molar-refractivity contribution in [3.8, 4) is 0 Å². The van der Waals surface area contributed by atoms with Crippen LogP contribution in [0.25, 0.3) is 0 Å². The molecule has 0 spiro atoms. The molecule has 0 aromatic heterocycles. The van der Waals surface area contributed by atoms with Crippen molar-refractivity contribution < 1.29 is 19.1 Å². The summed E-state index contributed by atoms with van der Waals surface area (Å²) in [5.74, 6) is -0.446. The van der Waals surface area contributed by atoms with Gasteiger partial charge in [0.1, 0.15) is 0 Å². The number of ether oxygens (including phenoxy) is 2. The lowest BCUT2D eigenvalue weighted by molar-refractivity contribution is 0.0600. The summed E-state index contributed by atoms with van der Waals surface area (Å²) < 4.78 is 9.40. The van der Waals surface area contributed by atoms with Gasteiger partial charge >= 0.3 is 12.0 Å². The highest BCUT2D eigenvalue weighted by Crippen LogP contribution is 2.11. The van der Waals surface area contributed by atoms with Gasteiger partial charge in [0, 0.05) is 19.3 Å². The van der Waals surface area contributed by atoms with Crippen LogP contribution in [0.3, 0.4) is 0 Å². The van der Waals surface area contributed by atoms with Crippen molar-refractivity contribution in [2.45, 2.75) is 0 Å². The zero-order valence-corrected chi connectivity index (χ0v) is 10.4. The fraction of sp³-hybridized carbons (Fsp3) is 0.333. The van der Waals surface area contributed by atoms with Crippen molar-refractivity contribution in [3.63, 3.8) is 0 Å². The molecule has 0 heterocycles. The molecule has 2 N–H and O–H groups in total. The predicted molar refractivity (Wildman–Crippen MR) is 66.7 cm³/mol. The molecule has 0 saturated heterocycles. The largest absolute Gasteiger partial charge is 0.465 e. The summed E-state index contributed by atoms with van der Waals surface area (Å²) in [5, 5.41) is 5.21. The Labute approximate surface area is 105 Å². The van der Waals surface area contributed by atoms with Crippen molar-refractivity contribution in [3.05, 3.63) is 29.8 Å². The summed E-state index contributed by atoms with van der Waals surface area (Å²) >= 11 is 0. The average Bonchev–Trinajstić information content (AvgIpc) is 2.38. The molecule has 1 aromatic carbocycles. The number of urea groups is 1. The average molecular weight is 252 g/mol. The number of carbonyl (C=O) groups excluding carboxylic acids is 2. The SMILES string of the molecule is COCCNC(=O)Nc1cccc(C(=O)OC)c1. The van der Waals surface area contributed by atoms with E-state index in [-0.39, 0.29) is 6.03 Å². The number of hydrogen-bond donors (Lipinski definition) is 2. The van der Waals surface area contributed by atoms with Gasteiger partial charge in [-0.25, -0.2) is 9.59 Å². The lowest BCUT2D eigenvalue weighted by Gasteiger charge is -2.08. The minimum atomic E-state index is -0.446. The van der Waals surface area contributed by atoms with Crippen LogP contribution in [0.15, 0.2) is 24.3 Å². The zero-order valence-electron chi connectivity index (χ0n) is 10.4. The van der Waals surface area contributed by atoms with E-state index >= 15 is 0 Å². The van der Waals surface area contributed by atoms with Crippen LogP contribution in [0, 0.1) is 0 Å². The molecule has 1 rings (SSSR count). The molecule has 18 heavy (non-hydrogen) atoms. The number of anilines is 1. The van der Waals surface area contributed by atoms with Gasteiger partial charge in [-0.05, 0) is 18.2 Å². The minimum Gasteiger partial charge on any atom is -0.465 e. The van der Waals surface area contributed by atoms with Crippen LogP contribution in [-0.4, -0.2) is 39.4 Å². The van der Waals surface area contributed by atoms with Gasteiger partial charge in [0.15, 0.2) is 0 Å². The van der Waals surface area contributed by atoms with Crippen LogP contribution in [-0.2, 0) is 9.47 Å². The fourth-order valence-electron chi connectivity index (χ4n) is 1.28. The van der Waals surface area contributed by atoms with Gasteiger partial charge in [-0.2, -0.15) is 0 Å². The third-order valence-electron chi connectivity index (χ3n) is 2.13. The quantitative estimate of drug-likeness (QED) is 0.610. The van der Waals surface area contributed by atoms with E-state index in [0.29, 0.717) is 24.4 Å². The molecule has 1 aromatic rings.